The number of allylic oxidation sites excluding steroid dienone is 2. The van der Waals surface area contributed by atoms with E-state index in [-0.39, 0.29) is 33.0 Å². The minimum absolute atomic E-state index is 0.0200. The van der Waals surface area contributed by atoms with Gasteiger partial charge in [-0.1, -0.05) is 23.7 Å². The third-order valence-electron chi connectivity index (χ3n) is 8.99. The van der Waals surface area contributed by atoms with Crippen molar-refractivity contribution in [2.24, 2.45) is 0 Å². The van der Waals surface area contributed by atoms with Crippen molar-refractivity contribution in [3.8, 4) is 11.5 Å². The van der Waals surface area contributed by atoms with Gasteiger partial charge in [-0.3, -0.25) is 18.8 Å². The zero-order chi connectivity index (χ0) is 31.9. The molecule has 0 saturated carbocycles. The van der Waals surface area contributed by atoms with E-state index in [2.05, 4.69) is 25.4 Å². The van der Waals surface area contributed by atoms with Crippen LogP contribution in [0, 0.1) is 0 Å². The molecule has 1 aliphatic heterocycles. The zero-order valence-corrected chi connectivity index (χ0v) is 25.8. The van der Waals surface area contributed by atoms with Crippen LogP contribution in [0.1, 0.15) is 33.6 Å². The number of phenolic OH excluding ortho intramolecular Hbond substituents is 2. The molecule has 7 rings (SSSR count). The standard InChI is InChI=1S/C34H33ClN6O5/c35-29-30(34(46)28-25(43)10-9-24(42)27(28)33(29)45)37-12-4-14-40-17-15-39(16-18-40)13-3-11-36-21-7-8-22-31-26(21)32(44)20-5-1-2-6-23(20)41(31)19-38-22/h1-2,5-10,19,36-37,42-43H,3-4,11-18H2. The van der Waals surface area contributed by atoms with Crippen molar-refractivity contribution in [1.29, 1.82) is 0 Å². The van der Waals surface area contributed by atoms with Gasteiger partial charge in [-0.15, -0.1) is 0 Å². The number of pyridine rings is 1. The number of Topliss-reactive ketones (excluding diaryl/α,β-unsaturated/α-hetero) is 2. The average Bonchev–Trinajstić information content (AvgIpc) is 3.50. The molecule has 3 aromatic carbocycles. The molecule has 236 valence electrons. The number of carbonyl (C=O) groups excluding carboxylic acids is 2. The van der Waals surface area contributed by atoms with Crippen molar-refractivity contribution in [2.75, 3.05) is 57.7 Å². The Hall–Kier alpha value is -4.71. The monoisotopic (exact) mass is 640 g/mol. The van der Waals surface area contributed by atoms with Crippen molar-refractivity contribution < 1.29 is 19.8 Å². The molecule has 4 N–H and O–H groups in total. The highest BCUT2D eigenvalue weighted by atomic mass is 35.5. The second-order valence-electron chi connectivity index (χ2n) is 11.8. The van der Waals surface area contributed by atoms with Crippen LogP contribution in [0.3, 0.4) is 0 Å². The van der Waals surface area contributed by atoms with Crippen molar-refractivity contribution in [2.45, 2.75) is 12.8 Å². The Morgan fingerprint density at radius 1 is 0.783 bits per heavy atom. The number of aromatic nitrogens is 2. The normalized spacial score (nSPS) is 16.2. The first kappa shape index (κ1) is 30.0. The van der Waals surface area contributed by atoms with E-state index in [0.29, 0.717) is 17.3 Å². The quantitative estimate of drug-likeness (QED) is 0.101. The third-order valence-corrected chi connectivity index (χ3v) is 9.35. The molecule has 5 aromatic rings. The molecule has 1 saturated heterocycles. The van der Waals surface area contributed by atoms with E-state index in [4.69, 9.17) is 11.6 Å². The van der Waals surface area contributed by atoms with Gasteiger partial charge < -0.3 is 30.6 Å². The lowest BCUT2D eigenvalue weighted by Crippen LogP contribution is -2.47. The van der Waals surface area contributed by atoms with Gasteiger partial charge in [0.05, 0.1) is 33.1 Å². The first-order valence-electron chi connectivity index (χ1n) is 15.4. The predicted molar refractivity (Wildman–Crippen MR) is 178 cm³/mol. The Kier molecular flexibility index (Phi) is 7.97. The van der Waals surface area contributed by atoms with Crippen LogP contribution in [-0.4, -0.2) is 93.3 Å². The lowest BCUT2D eigenvalue weighted by atomic mass is 9.90. The predicted octanol–water partition coefficient (Wildman–Crippen LogP) is 3.78. The number of phenols is 2. The number of benzene rings is 3. The number of carbonyl (C=O) groups is 2. The molecule has 0 unspecified atom stereocenters. The van der Waals surface area contributed by atoms with Gasteiger partial charge in [0.2, 0.25) is 11.6 Å². The first-order chi connectivity index (χ1) is 22.3. The summed E-state index contributed by atoms with van der Waals surface area (Å²) < 4.78 is 2.00. The van der Waals surface area contributed by atoms with E-state index in [1.165, 1.54) is 6.07 Å². The molecule has 2 aliphatic rings. The van der Waals surface area contributed by atoms with Crippen molar-refractivity contribution in [3.05, 3.63) is 86.9 Å². The van der Waals surface area contributed by atoms with Crippen LogP contribution in [0.25, 0.3) is 27.3 Å². The van der Waals surface area contributed by atoms with Gasteiger partial charge in [0.25, 0.3) is 0 Å². The fourth-order valence-corrected chi connectivity index (χ4v) is 6.85. The average molecular weight is 641 g/mol. The summed E-state index contributed by atoms with van der Waals surface area (Å²) in [6, 6.07) is 13.9. The Balaban J connectivity index is 0.872. The molecular formula is C34H33ClN6O5. The molecule has 1 fully saturated rings. The number of aromatic hydroxyl groups is 2. The molecule has 0 radical (unpaired) electrons. The van der Waals surface area contributed by atoms with E-state index < -0.39 is 17.3 Å². The number of nitrogens with one attached hydrogen (secondary N) is 2. The third kappa shape index (κ3) is 5.20. The van der Waals surface area contributed by atoms with E-state index in [9.17, 15) is 24.6 Å². The maximum Gasteiger partial charge on any atom is 0.215 e. The summed E-state index contributed by atoms with van der Waals surface area (Å²) in [5.74, 6) is -2.07. The highest BCUT2D eigenvalue weighted by Gasteiger charge is 2.36. The molecule has 2 aromatic heterocycles. The highest BCUT2D eigenvalue weighted by Crippen LogP contribution is 2.37. The lowest BCUT2D eigenvalue weighted by molar-refractivity contribution is 0.0969. The number of hydrogen-bond acceptors (Lipinski definition) is 10. The Morgan fingerprint density at radius 3 is 2.11 bits per heavy atom. The molecule has 1 aliphatic carbocycles. The number of fused-ring (bicyclic) bond motifs is 3. The number of nitrogens with zero attached hydrogens (tertiary/aromatic N) is 4. The van der Waals surface area contributed by atoms with Crippen LogP contribution in [0.15, 0.2) is 70.4 Å². The number of halogens is 1. The number of piperazine rings is 1. The molecule has 0 bridgehead atoms. The van der Waals surface area contributed by atoms with Crippen molar-refractivity contribution in [3.63, 3.8) is 0 Å². The van der Waals surface area contributed by atoms with E-state index in [1.54, 1.807) is 6.33 Å². The summed E-state index contributed by atoms with van der Waals surface area (Å²) in [5, 5.41) is 27.7. The van der Waals surface area contributed by atoms with E-state index in [0.717, 1.165) is 87.0 Å². The van der Waals surface area contributed by atoms with Gasteiger partial charge in [-0.05, 0) is 62.3 Å². The van der Waals surface area contributed by atoms with Crippen LogP contribution in [0.2, 0.25) is 0 Å². The Bertz CT molecular complexity index is 2080. The highest BCUT2D eigenvalue weighted by molar-refractivity contribution is 6.50. The summed E-state index contributed by atoms with van der Waals surface area (Å²) >= 11 is 6.19. The number of hydrogen-bond donors (Lipinski definition) is 4. The first-order valence-corrected chi connectivity index (χ1v) is 15.8. The maximum absolute atomic E-state index is 13.5. The van der Waals surface area contributed by atoms with Gasteiger partial charge >= 0.3 is 0 Å². The molecular weight excluding hydrogens is 608 g/mol. The van der Waals surface area contributed by atoms with Gasteiger partial charge in [0, 0.05) is 50.3 Å². The Labute approximate surface area is 269 Å². The number of rotatable bonds is 10. The van der Waals surface area contributed by atoms with Gasteiger partial charge in [0.15, 0.2) is 5.43 Å². The summed E-state index contributed by atoms with van der Waals surface area (Å²) in [6.45, 7) is 6.67. The molecule has 12 heteroatoms. The van der Waals surface area contributed by atoms with Gasteiger partial charge in [0.1, 0.15) is 28.6 Å². The fourth-order valence-electron chi connectivity index (χ4n) is 6.60. The molecule has 0 spiro atoms. The molecule has 11 nitrogen and oxygen atoms in total. The van der Waals surface area contributed by atoms with Crippen molar-refractivity contribution >= 4 is 56.2 Å². The minimum atomic E-state index is -0.694. The summed E-state index contributed by atoms with van der Waals surface area (Å²) in [7, 11) is 0. The van der Waals surface area contributed by atoms with Crippen LogP contribution < -0.4 is 16.1 Å². The largest absolute Gasteiger partial charge is 0.507 e. The lowest BCUT2D eigenvalue weighted by Gasteiger charge is -2.34. The number of imidazole rings is 1. The SMILES string of the molecule is O=C1C(Cl)=C(NCCCN2CCN(CCCNc3ccc4ncn5c6ccccc6c(=O)c3c45)CC2)C(=O)c2c(O)ccc(O)c21. The van der Waals surface area contributed by atoms with Crippen molar-refractivity contribution in [1.82, 2.24) is 24.5 Å². The van der Waals surface area contributed by atoms with Crippen LogP contribution in [0.4, 0.5) is 5.69 Å². The van der Waals surface area contributed by atoms with E-state index >= 15 is 0 Å². The Morgan fingerprint density at radius 2 is 1.41 bits per heavy atom. The fraction of sp³-hybridized carbons (Fsp3) is 0.294. The van der Waals surface area contributed by atoms with Crippen LogP contribution in [-0.2, 0) is 0 Å². The molecule has 3 heterocycles. The molecule has 0 atom stereocenters. The summed E-state index contributed by atoms with van der Waals surface area (Å²) in [5.41, 5.74) is 2.82. The topological polar surface area (TPSA) is 140 Å². The molecule has 0 amide bonds. The van der Waals surface area contributed by atoms with Crippen LogP contribution in [0.5, 0.6) is 11.5 Å². The zero-order valence-electron chi connectivity index (χ0n) is 25.1. The van der Waals surface area contributed by atoms with Crippen LogP contribution >= 0.6 is 11.6 Å². The summed E-state index contributed by atoms with van der Waals surface area (Å²) in [6.07, 6.45) is 3.45. The smallest absolute Gasteiger partial charge is 0.215 e. The maximum atomic E-state index is 13.5. The summed E-state index contributed by atoms with van der Waals surface area (Å²) in [4.78, 5) is 48.4. The minimum Gasteiger partial charge on any atom is -0.507 e. The number of anilines is 1. The van der Waals surface area contributed by atoms with Gasteiger partial charge in [-0.25, -0.2) is 4.98 Å². The number of para-hydroxylation sites is 1. The molecule has 46 heavy (non-hydrogen) atoms. The number of ketones is 2. The second-order valence-corrected chi connectivity index (χ2v) is 12.1. The second kappa shape index (κ2) is 12.2. The van der Waals surface area contributed by atoms with Gasteiger partial charge in [-0.2, -0.15) is 0 Å². The van der Waals surface area contributed by atoms with E-state index in [1.807, 2.05) is 40.8 Å².